The molecule has 37 heavy (non-hydrogen) atoms. The summed E-state index contributed by atoms with van der Waals surface area (Å²) in [5.41, 5.74) is 4.82. The number of benzene rings is 1. The summed E-state index contributed by atoms with van der Waals surface area (Å²) in [7, 11) is 1.97. The van der Waals surface area contributed by atoms with E-state index >= 15 is 0 Å². The molecule has 1 saturated heterocycles. The third kappa shape index (κ3) is 5.30. The van der Waals surface area contributed by atoms with E-state index in [0.29, 0.717) is 24.1 Å². The minimum atomic E-state index is 0.163. The van der Waals surface area contributed by atoms with Gasteiger partial charge in [-0.2, -0.15) is 9.97 Å². The lowest BCUT2D eigenvalue weighted by atomic mass is 9.99. The van der Waals surface area contributed by atoms with Gasteiger partial charge >= 0.3 is 0 Å². The van der Waals surface area contributed by atoms with Gasteiger partial charge in [0.25, 0.3) is 0 Å². The van der Waals surface area contributed by atoms with Crippen LogP contribution in [0.25, 0.3) is 11.2 Å². The second-order valence-corrected chi connectivity index (χ2v) is 9.80. The summed E-state index contributed by atoms with van der Waals surface area (Å²) in [4.78, 5) is 20.6. The Kier molecular flexibility index (Phi) is 7.12. The van der Waals surface area contributed by atoms with Crippen molar-refractivity contribution in [2.45, 2.75) is 52.6 Å². The van der Waals surface area contributed by atoms with Crippen molar-refractivity contribution in [1.29, 1.82) is 0 Å². The molecule has 9 nitrogen and oxygen atoms in total. The first-order valence-electron chi connectivity index (χ1n) is 13.0. The molecule has 0 atom stereocenters. The summed E-state index contributed by atoms with van der Waals surface area (Å²) < 4.78 is 14.0. The van der Waals surface area contributed by atoms with E-state index < -0.39 is 0 Å². The minimum Gasteiger partial charge on any atom is -0.494 e. The molecule has 0 bridgehead atoms. The first-order valence-corrected chi connectivity index (χ1v) is 13.0. The molecule has 0 saturated carbocycles. The van der Waals surface area contributed by atoms with Gasteiger partial charge in [-0.1, -0.05) is 13.8 Å². The maximum Gasteiger partial charge on any atom is 0.229 e. The first-order chi connectivity index (χ1) is 17.9. The molecule has 1 fully saturated rings. The molecular weight excluding hydrogens is 466 g/mol. The highest BCUT2D eigenvalue weighted by Gasteiger charge is 2.24. The smallest absolute Gasteiger partial charge is 0.229 e. The average molecular weight is 502 g/mol. The summed E-state index contributed by atoms with van der Waals surface area (Å²) in [6, 6.07) is 8.08. The van der Waals surface area contributed by atoms with E-state index in [2.05, 4.69) is 53.1 Å². The number of hydrogen-bond donors (Lipinski definition) is 1. The van der Waals surface area contributed by atoms with E-state index in [1.807, 2.05) is 30.7 Å². The fourth-order valence-corrected chi connectivity index (χ4v) is 4.75. The molecule has 3 aromatic heterocycles. The zero-order valence-electron chi connectivity index (χ0n) is 22.2. The Bertz CT molecular complexity index is 1360. The van der Waals surface area contributed by atoms with Crippen molar-refractivity contribution in [2.24, 2.45) is 7.05 Å². The maximum atomic E-state index is 6.14. The summed E-state index contributed by atoms with van der Waals surface area (Å²) in [5.74, 6) is 3.56. The minimum absolute atomic E-state index is 0.163. The van der Waals surface area contributed by atoms with Crippen molar-refractivity contribution in [1.82, 2.24) is 24.5 Å². The molecule has 0 radical (unpaired) electrons. The molecule has 1 aliphatic rings. The van der Waals surface area contributed by atoms with Crippen molar-refractivity contribution in [2.75, 3.05) is 29.9 Å². The third-order valence-corrected chi connectivity index (χ3v) is 6.77. The normalized spacial score (nSPS) is 14.4. The van der Waals surface area contributed by atoms with Crippen molar-refractivity contribution in [3.05, 3.63) is 54.1 Å². The SMILES string of the molecule is CCOc1cc(C)c(Nc2nc(N3CCC(Oc4ccncc4)CC3)nc3ncn(C)c23)cc1C(C)C. The molecule has 9 heteroatoms. The van der Waals surface area contributed by atoms with Crippen LogP contribution in [0.2, 0.25) is 0 Å². The average Bonchev–Trinajstić information content (AvgIpc) is 3.27. The predicted molar refractivity (Wildman–Crippen MR) is 146 cm³/mol. The van der Waals surface area contributed by atoms with Crippen molar-refractivity contribution in [3.8, 4) is 11.5 Å². The van der Waals surface area contributed by atoms with Gasteiger partial charge in [0.2, 0.25) is 5.95 Å². The first kappa shape index (κ1) is 24.8. The maximum absolute atomic E-state index is 6.14. The van der Waals surface area contributed by atoms with Crippen LogP contribution in [0.1, 0.15) is 50.7 Å². The summed E-state index contributed by atoms with van der Waals surface area (Å²) in [5, 5.41) is 3.60. The van der Waals surface area contributed by atoms with E-state index in [4.69, 9.17) is 19.4 Å². The molecule has 194 valence electrons. The molecular formula is C28H35N7O2. The van der Waals surface area contributed by atoms with Gasteiger partial charge in [0.05, 0.1) is 12.9 Å². The topological polar surface area (TPSA) is 90.2 Å². The van der Waals surface area contributed by atoms with Gasteiger partial charge in [-0.3, -0.25) is 4.98 Å². The van der Waals surface area contributed by atoms with Crippen molar-refractivity contribution in [3.63, 3.8) is 0 Å². The van der Waals surface area contributed by atoms with E-state index in [9.17, 15) is 0 Å². The zero-order valence-corrected chi connectivity index (χ0v) is 22.2. The molecule has 1 N–H and O–H groups in total. The summed E-state index contributed by atoms with van der Waals surface area (Å²) in [6.07, 6.45) is 7.24. The van der Waals surface area contributed by atoms with Crippen LogP contribution < -0.4 is 19.7 Å². The number of ether oxygens (including phenoxy) is 2. The van der Waals surface area contributed by atoms with Crippen LogP contribution in [-0.4, -0.2) is 50.3 Å². The number of pyridine rings is 1. The molecule has 1 aliphatic heterocycles. The Morgan fingerprint density at radius 3 is 2.57 bits per heavy atom. The Hall–Kier alpha value is -3.88. The quantitative estimate of drug-likeness (QED) is 0.344. The standard InChI is InChI=1S/C28H35N7O2/c1-6-36-24-15-19(4)23(16-22(24)18(2)3)31-27-25-26(30-17-34(25)5)32-28(33-27)35-13-9-21(10-14-35)37-20-7-11-29-12-8-20/h7-8,11-12,15-18,21H,6,9-10,13-14H2,1-5H3,(H,31,32,33). The van der Waals surface area contributed by atoms with Crippen LogP contribution in [-0.2, 0) is 7.05 Å². The van der Waals surface area contributed by atoms with Gasteiger partial charge in [-0.25, -0.2) is 4.98 Å². The highest BCUT2D eigenvalue weighted by Crippen LogP contribution is 2.35. The number of nitrogens with zero attached hydrogens (tertiary/aromatic N) is 6. The van der Waals surface area contributed by atoms with Crippen LogP contribution in [0.4, 0.5) is 17.5 Å². The number of anilines is 3. The lowest BCUT2D eigenvalue weighted by Gasteiger charge is -2.32. The van der Waals surface area contributed by atoms with Crippen LogP contribution in [0.5, 0.6) is 11.5 Å². The molecule has 4 aromatic rings. The number of imidazole rings is 1. The van der Waals surface area contributed by atoms with Crippen molar-refractivity contribution >= 4 is 28.6 Å². The van der Waals surface area contributed by atoms with Gasteiger partial charge in [0, 0.05) is 51.1 Å². The number of aryl methyl sites for hydroxylation is 2. The summed E-state index contributed by atoms with van der Waals surface area (Å²) >= 11 is 0. The van der Waals surface area contributed by atoms with Gasteiger partial charge in [0.15, 0.2) is 11.5 Å². The van der Waals surface area contributed by atoms with Gasteiger partial charge in [0.1, 0.15) is 23.1 Å². The number of aromatic nitrogens is 5. The molecule has 4 heterocycles. The highest BCUT2D eigenvalue weighted by molar-refractivity contribution is 5.87. The number of hydrogen-bond acceptors (Lipinski definition) is 8. The van der Waals surface area contributed by atoms with Crippen LogP contribution in [0.15, 0.2) is 43.0 Å². The fraction of sp³-hybridized carbons (Fsp3) is 0.429. The number of piperidine rings is 1. The van der Waals surface area contributed by atoms with Crippen LogP contribution in [0.3, 0.4) is 0 Å². The molecule has 0 spiro atoms. The molecule has 0 amide bonds. The van der Waals surface area contributed by atoms with E-state index in [1.165, 1.54) is 5.56 Å². The number of rotatable bonds is 8. The third-order valence-electron chi connectivity index (χ3n) is 6.77. The lowest BCUT2D eigenvalue weighted by molar-refractivity contribution is 0.170. The molecule has 5 rings (SSSR count). The van der Waals surface area contributed by atoms with E-state index in [1.54, 1.807) is 18.7 Å². The fourth-order valence-electron chi connectivity index (χ4n) is 4.75. The Labute approximate surface area is 217 Å². The number of fused-ring (bicyclic) bond motifs is 1. The lowest BCUT2D eigenvalue weighted by Crippen LogP contribution is -2.39. The second kappa shape index (κ2) is 10.6. The molecule has 0 aliphatic carbocycles. The van der Waals surface area contributed by atoms with Gasteiger partial charge < -0.3 is 24.3 Å². The zero-order chi connectivity index (χ0) is 25.9. The Morgan fingerprint density at radius 2 is 1.86 bits per heavy atom. The van der Waals surface area contributed by atoms with E-state index in [-0.39, 0.29) is 6.10 Å². The Balaban J connectivity index is 1.41. The van der Waals surface area contributed by atoms with E-state index in [0.717, 1.165) is 60.0 Å². The van der Waals surface area contributed by atoms with Crippen LogP contribution >= 0.6 is 0 Å². The van der Waals surface area contributed by atoms with Gasteiger partial charge in [-0.15, -0.1) is 0 Å². The highest BCUT2D eigenvalue weighted by atomic mass is 16.5. The van der Waals surface area contributed by atoms with Gasteiger partial charge in [-0.05, 0) is 55.2 Å². The Morgan fingerprint density at radius 1 is 1.11 bits per heavy atom. The second-order valence-electron chi connectivity index (χ2n) is 9.80. The number of nitrogens with one attached hydrogen (secondary N) is 1. The largest absolute Gasteiger partial charge is 0.494 e. The predicted octanol–water partition coefficient (Wildman–Crippen LogP) is 5.38. The molecule has 1 aromatic carbocycles. The monoisotopic (exact) mass is 501 g/mol. The molecule has 0 unspecified atom stereocenters. The summed E-state index contributed by atoms with van der Waals surface area (Å²) in [6.45, 7) is 10.7. The van der Waals surface area contributed by atoms with Crippen molar-refractivity contribution < 1.29 is 9.47 Å². The van der Waals surface area contributed by atoms with Crippen LogP contribution in [0, 0.1) is 6.92 Å².